The zero-order chi connectivity index (χ0) is 12.8. The van der Waals surface area contributed by atoms with Gasteiger partial charge in [0.1, 0.15) is 6.61 Å². The molecule has 3 N–H and O–H groups in total. The van der Waals surface area contributed by atoms with Gasteiger partial charge in [0.25, 0.3) is 0 Å². The van der Waals surface area contributed by atoms with E-state index in [9.17, 15) is 4.79 Å². The number of rotatable bonds is 3. The van der Waals surface area contributed by atoms with Gasteiger partial charge in [0.05, 0.1) is 0 Å². The fourth-order valence-corrected chi connectivity index (χ4v) is 1.96. The molecule has 98 valence electrons. The lowest BCUT2D eigenvalue weighted by Gasteiger charge is -2.32. The summed E-state index contributed by atoms with van der Waals surface area (Å²) in [5, 5.41) is 3.25. The fraction of sp³-hybridized carbons (Fsp3) is 0.462. The number of piperazine rings is 1. The Morgan fingerprint density at radius 3 is 2.94 bits per heavy atom. The van der Waals surface area contributed by atoms with Crippen molar-refractivity contribution in [2.24, 2.45) is 5.73 Å². The lowest BCUT2D eigenvalue weighted by molar-refractivity contribution is 0.0856. The van der Waals surface area contributed by atoms with E-state index >= 15 is 0 Å². The molecule has 1 atom stereocenters. The van der Waals surface area contributed by atoms with Crippen molar-refractivity contribution in [3.8, 4) is 0 Å². The fourth-order valence-electron chi connectivity index (χ4n) is 1.96. The lowest BCUT2D eigenvalue weighted by atomic mass is 10.2. The third-order valence-corrected chi connectivity index (χ3v) is 3.00. The van der Waals surface area contributed by atoms with Gasteiger partial charge in [0.15, 0.2) is 0 Å². The monoisotopic (exact) mass is 249 g/mol. The molecular weight excluding hydrogens is 230 g/mol. The third kappa shape index (κ3) is 3.45. The highest BCUT2D eigenvalue weighted by molar-refractivity contribution is 5.67. The number of nitrogens with one attached hydrogen (secondary N) is 1. The molecule has 2 rings (SSSR count). The Hall–Kier alpha value is -1.59. The summed E-state index contributed by atoms with van der Waals surface area (Å²) in [6, 6.07) is 9.84. The summed E-state index contributed by atoms with van der Waals surface area (Å²) in [6.07, 6.45) is -0.265. The van der Waals surface area contributed by atoms with Gasteiger partial charge in [-0.3, -0.25) is 0 Å². The van der Waals surface area contributed by atoms with Crippen molar-refractivity contribution in [3.63, 3.8) is 0 Å². The second kappa shape index (κ2) is 6.37. The average Bonchev–Trinajstić information content (AvgIpc) is 2.46. The van der Waals surface area contributed by atoms with Crippen molar-refractivity contribution in [2.75, 3.05) is 26.2 Å². The van der Waals surface area contributed by atoms with Crippen molar-refractivity contribution >= 4 is 6.09 Å². The van der Waals surface area contributed by atoms with E-state index in [0.717, 1.165) is 12.1 Å². The maximum absolute atomic E-state index is 11.9. The summed E-state index contributed by atoms with van der Waals surface area (Å²) < 4.78 is 5.28. The molecule has 0 radical (unpaired) electrons. The van der Waals surface area contributed by atoms with Crippen LogP contribution in [0.5, 0.6) is 0 Å². The van der Waals surface area contributed by atoms with Crippen molar-refractivity contribution in [3.05, 3.63) is 35.9 Å². The minimum absolute atomic E-state index is 0.169. The van der Waals surface area contributed by atoms with Gasteiger partial charge in [0.2, 0.25) is 0 Å². The number of nitrogens with zero attached hydrogens (tertiary/aromatic N) is 1. The smallest absolute Gasteiger partial charge is 0.410 e. The van der Waals surface area contributed by atoms with Crippen LogP contribution in [0.25, 0.3) is 0 Å². The van der Waals surface area contributed by atoms with Crippen LogP contribution in [0, 0.1) is 0 Å². The van der Waals surface area contributed by atoms with Crippen molar-refractivity contribution in [1.29, 1.82) is 0 Å². The number of ether oxygens (including phenoxy) is 1. The molecule has 1 aromatic carbocycles. The minimum atomic E-state index is -0.265. The maximum atomic E-state index is 11.9. The normalized spacial score (nSPS) is 19.6. The summed E-state index contributed by atoms with van der Waals surface area (Å²) in [5.41, 5.74) is 6.59. The molecule has 0 unspecified atom stereocenters. The number of benzene rings is 1. The highest BCUT2D eigenvalue weighted by Gasteiger charge is 2.23. The number of carbonyl (C=O) groups excluding carboxylic acids is 1. The van der Waals surface area contributed by atoms with Crippen LogP contribution in [0.3, 0.4) is 0 Å². The molecule has 1 saturated heterocycles. The van der Waals surface area contributed by atoms with E-state index in [2.05, 4.69) is 5.32 Å². The van der Waals surface area contributed by atoms with Gasteiger partial charge in [-0.1, -0.05) is 30.3 Å². The van der Waals surface area contributed by atoms with Gasteiger partial charge >= 0.3 is 6.09 Å². The Morgan fingerprint density at radius 2 is 2.22 bits per heavy atom. The van der Waals surface area contributed by atoms with Crippen LogP contribution in [0.2, 0.25) is 0 Å². The Kier molecular flexibility index (Phi) is 4.55. The predicted molar refractivity (Wildman–Crippen MR) is 69.0 cm³/mol. The van der Waals surface area contributed by atoms with Crippen molar-refractivity contribution in [1.82, 2.24) is 10.2 Å². The maximum Gasteiger partial charge on any atom is 0.410 e. The van der Waals surface area contributed by atoms with E-state index in [1.54, 1.807) is 4.90 Å². The number of hydrogen-bond acceptors (Lipinski definition) is 4. The quantitative estimate of drug-likeness (QED) is 0.821. The van der Waals surface area contributed by atoms with Crippen LogP contribution in [0.15, 0.2) is 30.3 Å². The van der Waals surface area contributed by atoms with Gasteiger partial charge in [0, 0.05) is 32.2 Å². The first-order chi connectivity index (χ1) is 8.79. The van der Waals surface area contributed by atoms with E-state index in [0.29, 0.717) is 26.2 Å². The molecule has 1 aliphatic heterocycles. The Morgan fingerprint density at radius 1 is 1.44 bits per heavy atom. The molecule has 0 bridgehead atoms. The first kappa shape index (κ1) is 12.9. The molecule has 0 aromatic heterocycles. The zero-order valence-electron chi connectivity index (χ0n) is 10.3. The van der Waals surface area contributed by atoms with Gasteiger partial charge in [-0.05, 0) is 5.56 Å². The van der Waals surface area contributed by atoms with E-state index in [4.69, 9.17) is 10.5 Å². The summed E-state index contributed by atoms with van der Waals surface area (Å²) in [5.74, 6) is 0. The molecule has 1 aromatic rings. The first-order valence-electron chi connectivity index (χ1n) is 6.18. The molecule has 18 heavy (non-hydrogen) atoms. The van der Waals surface area contributed by atoms with Gasteiger partial charge < -0.3 is 20.7 Å². The SMILES string of the molecule is NC[C@H]1CN(C(=O)OCc2ccccc2)CCN1. The zero-order valence-corrected chi connectivity index (χ0v) is 10.3. The van der Waals surface area contributed by atoms with E-state index < -0.39 is 0 Å². The summed E-state index contributed by atoms with van der Waals surface area (Å²) in [4.78, 5) is 13.6. The van der Waals surface area contributed by atoms with Crippen LogP contribution in [-0.2, 0) is 11.3 Å². The van der Waals surface area contributed by atoms with Crippen LogP contribution in [-0.4, -0.2) is 43.2 Å². The highest BCUT2D eigenvalue weighted by Crippen LogP contribution is 2.05. The topological polar surface area (TPSA) is 67.6 Å². The van der Waals surface area contributed by atoms with E-state index in [1.165, 1.54) is 0 Å². The average molecular weight is 249 g/mol. The molecule has 0 spiro atoms. The molecule has 1 heterocycles. The van der Waals surface area contributed by atoms with E-state index in [1.807, 2.05) is 30.3 Å². The summed E-state index contributed by atoms with van der Waals surface area (Å²) >= 11 is 0. The molecule has 1 aliphatic rings. The van der Waals surface area contributed by atoms with E-state index in [-0.39, 0.29) is 12.1 Å². The molecule has 1 fully saturated rings. The third-order valence-electron chi connectivity index (χ3n) is 3.00. The molecule has 0 saturated carbocycles. The van der Waals surface area contributed by atoms with Gasteiger partial charge in [-0.15, -0.1) is 0 Å². The summed E-state index contributed by atoms with van der Waals surface area (Å²) in [6.45, 7) is 2.90. The van der Waals surface area contributed by atoms with Gasteiger partial charge in [-0.25, -0.2) is 4.79 Å². The van der Waals surface area contributed by atoms with Gasteiger partial charge in [-0.2, -0.15) is 0 Å². The second-order valence-corrected chi connectivity index (χ2v) is 4.37. The Balaban J connectivity index is 1.81. The number of carbonyl (C=O) groups is 1. The number of amides is 1. The standard InChI is InChI=1S/C13H19N3O2/c14-8-12-9-16(7-6-15-12)13(17)18-10-11-4-2-1-3-5-11/h1-5,12,15H,6-10,14H2/t12-/m0/s1. The van der Waals surface area contributed by atoms with Crippen LogP contribution < -0.4 is 11.1 Å². The first-order valence-corrected chi connectivity index (χ1v) is 6.18. The Labute approximate surface area is 107 Å². The highest BCUT2D eigenvalue weighted by atomic mass is 16.6. The lowest BCUT2D eigenvalue weighted by Crippen LogP contribution is -2.55. The number of nitrogens with two attached hydrogens (primary N) is 1. The summed E-state index contributed by atoms with van der Waals surface area (Å²) in [7, 11) is 0. The molecule has 1 amide bonds. The van der Waals surface area contributed by atoms with Crippen molar-refractivity contribution in [2.45, 2.75) is 12.6 Å². The molecular formula is C13H19N3O2. The molecule has 5 nitrogen and oxygen atoms in total. The molecule has 5 heteroatoms. The Bertz CT molecular complexity index is 383. The van der Waals surface area contributed by atoms with Crippen molar-refractivity contribution < 1.29 is 9.53 Å². The van der Waals surface area contributed by atoms with Crippen LogP contribution in [0.1, 0.15) is 5.56 Å². The van der Waals surface area contributed by atoms with Crippen LogP contribution in [0.4, 0.5) is 4.79 Å². The molecule has 0 aliphatic carbocycles. The largest absolute Gasteiger partial charge is 0.445 e. The second-order valence-electron chi connectivity index (χ2n) is 4.37. The number of hydrogen-bond donors (Lipinski definition) is 2. The minimum Gasteiger partial charge on any atom is -0.445 e. The van der Waals surface area contributed by atoms with Crippen LogP contribution >= 0.6 is 0 Å². The predicted octanol–water partition coefficient (Wildman–Crippen LogP) is 0.556.